The molecule has 0 fully saturated rings. The molecule has 0 aromatic carbocycles. The molecule has 2 unspecified atom stereocenters. The third kappa shape index (κ3) is 1.32. The Kier molecular flexibility index (Phi) is 2.08. The summed E-state index contributed by atoms with van der Waals surface area (Å²) in [7, 11) is 0. The predicted octanol–water partition coefficient (Wildman–Crippen LogP) is 2.45. The van der Waals surface area contributed by atoms with Crippen molar-refractivity contribution in [2.45, 2.75) is 27.7 Å². The van der Waals surface area contributed by atoms with E-state index in [0.717, 1.165) is 5.70 Å². The quantitative estimate of drug-likeness (QED) is 0.565. The minimum absolute atomic E-state index is 0.514. The highest BCUT2D eigenvalue weighted by atomic mass is 14.6. The van der Waals surface area contributed by atoms with Gasteiger partial charge in [0.1, 0.15) is 0 Å². The first-order chi connectivity index (χ1) is 5.04. The van der Waals surface area contributed by atoms with Gasteiger partial charge in [-0.2, -0.15) is 0 Å². The second-order valence-corrected chi connectivity index (χ2v) is 3.60. The molecule has 0 saturated carbocycles. The van der Waals surface area contributed by atoms with Crippen LogP contribution in [0.1, 0.15) is 27.7 Å². The van der Waals surface area contributed by atoms with Gasteiger partial charge >= 0.3 is 0 Å². The zero-order valence-corrected chi connectivity index (χ0v) is 7.81. The second kappa shape index (κ2) is 2.72. The van der Waals surface area contributed by atoms with Gasteiger partial charge in [0, 0.05) is 11.6 Å². The largest absolute Gasteiger partial charge is 0.402 e. The molecule has 0 spiro atoms. The van der Waals surface area contributed by atoms with Crippen molar-refractivity contribution in [2.75, 3.05) is 0 Å². The van der Waals surface area contributed by atoms with Crippen molar-refractivity contribution in [2.24, 2.45) is 17.6 Å². The van der Waals surface area contributed by atoms with Gasteiger partial charge in [0.2, 0.25) is 0 Å². The molecule has 0 amide bonds. The SMILES string of the molecule is CC1=CC(C)=C(N)C(C)C1C. The third-order valence-corrected chi connectivity index (χ3v) is 2.86. The Morgan fingerprint density at radius 2 is 1.73 bits per heavy atom. The Bertz CT molecular complexity index is 223. The smallest absolute Gasteiger partial charge is 0.0145 e. The van der Waals surface area contributed by atoms with Crippen LogP contribution in [0, 0.1) is 11.8 Å². The maximum Gasteiger partial charge on any atom is 0.0145 e. The van der Waals surface area contributed by atoms with Crippen molar-refractivity contribution in [3.05, 3.63) is 22.9 Å². The highest BCUT2D eigenvalue weighted by Gasteiger charge is 2.21. The summed E-state index contributed by atoms with van der Waals surface area (Å²) in [6.45, 7) is 8.69. The highest BCUT2D eigenvalue weighted by molar-refractivity contribution is 5.32. The van der Waals surface area contributed by atoms with Gasteiger partial charge in [-0.25, -0.2) is 0 Å². The molecule has 0 aliphatic heterocycles. The molecule has 0 aromatic rings. The lowest BCUT2D eigenvalue weighted by molar-refractivity contribution is 0.487. The van der Waals surface area contributed by atoms with E-state index >= 15 is 0 Å². The summed E-state index contributed by atoms with van der Waals surface area (Å²) in [6.07, 6.45) is 2.19. The fourth-order valence-corrected chi connectivity index (χ4v) is 1.58. The van der Waals surface area contributed by atoms with E-state index in [-0.39, 0.29) is 0 Å². The lowest BCUT2D eigenvalue weighted by Crippen LogP contribution is -2.22. The van der Waals surface area contributed by atoms with E-state index < -0.39 is 0 Å². The number of hydrogen-bond acceptors (Lipinski definition) is 1. The van der Waals surface area contributed by atoms with Crippen molar-refractivity contribution in [3.8, 4) is 0 Å². The Morgan fingerprint density at radius 3 is 2.27 bits per heavy atom. The molecule has 1 aliphatic carbocycles. The Hall–Kier alpha value is -0.720. The van der Waals surface area contributed by atoms with E-state index in [0.29, 0.717) is 11.8 Å². The summed E-state index contributed by atoms with van der Waals surface area (Å²) in [5.74, 6) is 1.12. The summed E-state index contributed by atoms with van der Waals surface area (Å²) in [5, 5.41) is 0. The van der Waals surface area contributed by atoms with Crippen LogP contribution >= 0.6 is 0 Å². The normalized spacial score (nSPS) is 32.2. The Balaban J connectivity index is 3.01. The first-order valence-corrected chi connectivity index (χ1v) is 4.18. The van der Waals surface area contributed by atoms with E-state index in [1.807, 2.05) is 0 Å². The molecule has 0 saturated heterocycles. The van der Waals surface area contributed by atoms with Crippen LogP contribution in [0.15, 0.2) is 22.9 Å². The van der Waals surface area contributed by atoms with Crippen LogP contribution in [0.3, 0.4) is 0 Å². The van der Waals surface area contributed by atoms with E-state index in [1.165, 1.54) is 11.1 Å². The molecule has 1 nitrogen and oxygen atoms in total. The number of nitrogens with two attached hydrogens (primary N) is 1. The lowest BCUT2D eigenvalue weighted by atomic mass is 9.81. The Morgan fingerprint density at radius 1 is 1.18 bits per heavy atom. The van der Waals surface area contributed by atoms with Crippen molar-refractivity contribution in [1.29, 1.82) is 0 Å². The summed E-state index contributed by atoms with van der Waals surface area (Å²) in [6, 6.07) is 0. The topological polar surface area (TPSA) is 26.0 Å². The van der Waals surface area contributed by atoms with Gasteiger partial charge in [-0.3, -0.25) is 0 Å². The van der Waals surface area contributed by atoms with Gasteiger partial charge in [0.15, 0.2) is 0 Å². The van der Waals surface area contributed by atoms with Crippen LogP contribution in [-0.2, 0) is 0 Å². The lowest BCUT2D eigenvalue weighted by Gasteiger charge is -2.27. The van der Waals surface area contributed by atoms with Crippen molar-refractivity contribution < 1.29 is 0 Å². The summed E-state index contributed by atoms with van der Waals surface area (Å²) >= 11 is 0. The molecule has 2 N–H and O–H groups in total. The fourth-order valence-electron chi connectivity index (χ4n) is 1.58. The summed E-state index contributed by atoms with van der Waals surface area (Å²) in [4.78, 5) is 0. The number of allylic oxidation sites excluding steroid dienone is 4. The van der Waals surface area contributed by atoms with Crippen LogP contribution < -0.4 is 5.73 Å². The first-order valence-electron chi connectivity index (χ1n) is 4.18. The minimum Gasteiger partial charge on any atom is -0.402 e. The van der Waals surface area contributed by atoms with E-state index in [4.69, 9.17) is 5.73 Å². The molecule has 2 atom stereocenters. The molecule has 1 heteroatoms. The molecule has 0 bridgehead atoms. The predicted molar refractivity (Wildman–Crippen MR) is 49.0 cm³/mol. The van der Waals surface area contributed by atoms with Gasteiger partial charge in [-0.1, -0.05) is 25.5 Å². The van der Waals surface area contributed by atoms with Crippen LogP contribution in [0.4, 0.5) is 0 Å². The van der Waals surface area contributed by atoms with Crippen LogP contribution in [0.5, 0.6) is 0 Å². The summed E-state index contributed by atoms with van der Waals surface area (Å²) in [5.41, 5.74) is 9.66. The van der Waals surface area contributed by atoms with Gasteiger partial charge in [0.05, 0.1) is 0 Å². The van der Waals surface area contributed by atoms with Crippen LogP contribution in [0.2, 0.25) is 0 Å². The molecule has 62 valence electrons. The number of hydrogen-bond donors (Lipinski definition) is 1. The second-order valence-electron chi connectivity index (χ2n) is 3.60. The molecule has 0 heterocycles. The molecule has 0 aromatic heterocycles. The third-order valence-electron chi connectivity index (χ3n) is 2.86. The number of rotatable bonds is 0. The van der Waals surface area contributed by atoms with E-state index in [9.17, 15) is 0 Å². The average Bonchev–Trinajstić information content (AvgIpc) is 1.97. The van der Waals surface area contributed by atoms with Crippen LogP contribution in [-0.4, -0.2) is 0 Å². The molecular weight excluding hydrogens is 134 g/mol. The molecule has 1 rings (SSSR count). The average molecular weight is 151 g/mol. The van der Waals surface area contributed by atoms with Gasteiger partial charge < -0.3 is 5.73 Å². The van der Waals surface area contributed by atoms with Crippen LogP contribution in [0.25, 0.3) is 0 Å². The maximum atomic E-state index is 5.91. The van der Waals surface area contributed by atoms with Gasteiger partial charge in [-0.05, 0) is 25.3 Å². The maximum absolute atomic E-state index is 5.91. The minimum atomic E-state index is 0.514. The standard InChI is InChI=1S/C10H17N/c1-6-5-7(2)10(11)9(4)8(6)3/h5,8-9H,11H2,1-4H3. The van der Waals surface area contributed by atoms with E-state index in [2.05, 4.69) is 33.8 Å². The molecular formula is C10H17N. The molecule has 0 radical (unpaired) electrons. The Labute approximate surface area is 69.0 Å². The highest BCUT2D eigenvalue weighted by Crippen LogP contribution is 2.30. The van der Waals surface area contributed by atoms with E-state index in [1.54, 1.807) is 0 Å². The first kappa shape index (κ1) is 8.38. The summed E-state index contributed by atoms with van der Waals surface area (Å²) < 4.78 is 0. The fraction of sp³-hybridized carbons (Fsp3) is 0.600. The van der Waals surface area contributed by atoms with Gasteiger partial charge in [-0.15, -0.1) is 0 Å². The van der Waals surface area contributed by atoms with Crippen molar-refractivity contribution in [3.63, 3.8) is 0 Å². The zero-order valence-electron chi connectivity index (χ0n) is 7.81. The van der Waals surface area contributed by atoms with Crippen molar-refractivity contribution in [1.82, 2.24) is 0 Å². The zero-order chi connectivity index (χ0) is 8.59. The van der Waals surface area contributed by atoms with Gasteiger partial charge in [0.25, 0.3) is 0 Å². The molecule has 1 aliphatic rings. The van der Waals surface area contributed by atoms with Crippen molar-refractivity contribution >= 4 is 0 Å². The molecule has 11 heavy (non-hydrogen) atoms. The monoisotopic (exact) mass is 151 g/mol.